The van der Waals surface area contributed by atoms with E-state index in [0.29, 0.717) is 5.69 Å². The Balaban J connectivity index is 1.77. The Kier molecular flexibility index (Phi) is 6.36. The molecular formula is C20H18F2N2O5S. The molecule has 0 aliphatic carbocycles. The summed E-state index contributed by atoms with van der Waals surface area (Å²) in [6.07, 6.45) is 3.48. The summed E-state index contributed by atoms with van der Waals surface area (Å²) in [6, 6.07) is 10.5. The van der Waals surface area contributed by atoms with Crippen LogP contribution >= 0.6 is 0 Å². The van der Waals surface area contributed by atoms with Gasteiger partial charge in [0.25, 0.3) is 10.0 Å². The Morgan fingerprint density at radius 2 is 1.80 bits per heavy atom. The van der Waals surface area contributed by atoms with Crippen LogP contribution in [-0.4, -0.2) is 30.7 Å². The Morgan fingerprint density at radius 3 is 2.47 bits per heavy atom. The van der Waals surface area contributed by atoms with Gasteiger partial charge in [0.15, 0.2) is 11.6 Å². The molecule has 10 heteroatoms. The molecule has 0 atom stereocenters. The first-order valence-electron chi connectivity index (χ1n) is 8.86. The van der Waals surface area contributed by atoms with Crippen LogP contribution in [0, 0.1) is 11.6 Å². The zero-order chi connectivity index (χ0) is 21.7. The van der Waals surface area contributed by atoms with Gasteiger partial charge in [-0.25, -0.2) is 17.2 Å². The van der Waals surface area contributed by atoms with Crippen molar-refractivity contribution < 1.29 is 31.8 Å². The van der Waals surface area contributed by atoms with Crippen molar-refractivity contribution in [1.82, 2.24) is 4.57 Å². The largest absolute Gasteiger partial charge is 0.491 e. The number of aromatic nitrogens is 1. The van der Waals surface area contributed by atoms with Crippen LogP contribution < -0.4 is 9.46 Å². The minimum absolute atomic E-state index is 0.0367. The van der Waals surface area contributed by atoms with Crippen LogP contribution in [0.3, 0.4) is 0 Å². The number of aliphatic carboxylic acids is 1. The third kappa shape index (κ3) is 5.15. The lowest BCUT2D eigenvalue weighted by Gasteiger charge is -2.12. The number of carboxylic acid groups (broad SMARTS) is 1. The van der Waals surface area contributed by atoms with Crippen LogP contribution in [0.25, 0.3) is 5.69 Å². The summed E-state index contributed by atoms with van der Waals surface area (Å²) in [5.41, 5.74) is 0.256. The maximum atomic E-state index is 14.2. The van der Waals surface area contributed by atoms with E-state index in [0.717, 1.165) is 24.3 Å². The first kappa shape index (κ1) is 21.3. The lowest BCUT2D eigenvalue weighted by atomic mass is 10.2. The molecule has 0 amide bonds. The Labute approximate surface area is 171 Å². The first-order valence-corrected chi connectivity index (χ1v) is 10.3. The van der Waals surface area contributed by atoms with Gasteiger partial charge in [0.1, 0.15) is 5.82 Å². The molecule has 0 fully saturated rings. The predicted molar refractivity (Wildman–Crippen MR) is 105 cm³/mol. The highest BCUT2D eigenvalue weighted by Gasteiger charge is 2.19. The molecule has 158 valence electrons. The molecule has 0 saturated heterocycles. The smallest absolute Gasteiger partial charge is 0.303 e. The number of benzene rings is 2. The SMILES string of the molecule is O=C(O)CCCOc1ccc(S(=O)(=O)Nc2cc(-n3cccc3)ccc2F)cc1F. The van der Waals surface area contributed by atoms with Gasteiger partial charge in [-0.1, -0.05) is 0 Å². The molecular weight excluding hydrogens is 418 g/mol. The number of nitrogens with zero attached hydrogens (tertiary/aromatic N) is 1. The van der Waals surface area contributed by atoms with E-state index in [-0.39, 0.29) is 30.9 Å². The zero-order valence-corrected chi connectivity index (χ0v) is 16.4. The van der Waals surface area contributed by atoms with E-state index < -0.39 is 32.5 Å². The molecule has 3 aromatic rings. The van der Waals surface area contributed by atoms with Crippen LogP contribution in [0.15, 0.2) is 65.8 Å². The summed E-state index contributed by atoms with van der Waals surface area (Å²) in [5.74, 6) is -2.93. The molecule has 0 spiro atoms. The summed E-state index contributed by atoms with van der Waals surface area (Å²) in [7, 11) is -4.27. The normalized spacial score (nSPS) is 11.3. The zero-order valence-electron chi connectivity index (χ0n) is 15.6. The quantitative estimate of drug-likeness (QED) is 0.498. The second kappa shape index (κ2) is 8.95. The Morgan fingerprint density at radius 1 is 1.07 bits per heavy atom. The number of hydrogen-bond acceptors (Lipinski definition) is 4. The average molecular weight is 436 g/mol. The van der Waals surface area contributed by atoms with Crippen molar-refractivity contribution in [3.8, 4) is 11.4 Å². The summed E-state index contributed by atoms with van der Waals surface area (Å²) in [5, 5.41) is 8.57. The molecule has 1 heterocycles. The molecule has 3 rings (SSSR count). The highest BCUT2D eigenvalue weighted by atomic mass is 32.2. The molecule has 0 bridgehead atoms. The molecule has 30 heavy (non-hydrogen) atoms. The van der Waals surface area contributed by atoms with Crippen molar-refractivity contribution in [1.29, 1.82) is 0 Å². The van der Waals surface area contributed by atoms with Crippen molar-refractivity contribution in [3.63, 3.8) is 0 Å². The van der Waals surface area contributed by atoms with E-state index in [1.165, 1.54) is 12.1 Å². The fourth-order valence-electron chi connectivity index (χ4n) is 2.63. The van der Waals surface area contributed by atoms with Crippen LogP contribution in [0.2, 0.25) is 0 Å². The molecule has 0 saturated carbocycles. The molecule has 0 aliphatic rings. The van der Waals surface area contributed by atoms with E-state index in [1.807, 2.05) is 0 Å². The van der Waals surface area contributed by atoms with Crippen molar-refractivity contribution in [2.24, 2.45) is 0 Å². The van der Waals surface area contributed by atoms with E-state index in [9.17, 15) is 22.0 Å². The van der Waals surface area contributed by atoms with Crippen LogP contribution in [0.4, 0.5) is 14.5 Å². The van der Waals surface area contributed by atoms with E-state index in [4.69, 9.17) is 9.84 Å². The first-order chi connectivity index (χ1) is 14.3. The molecule has 0 unspecified atom stereocenters. The van der Waals surface area contributed by atoms with Crippen LogP contribution in [0.1, 0.15) is 12.8 Å². The average Bonchev–Trinajstić information content (AvgIpc) is 3.22. The number of hydrogen-bond donors (Lipinski definition) is 2. The molecule has 0 aliphatic heterocycles. The second-order valence-electron chi connectivity index (χ2n) is 6.30. The Hall–Kier alpha value is -3.40. The van der Waals surface area contributed by atoms with Crippen LogP contribution in [-0.2, 0) is 14.8 Å². The van der Waals surface area contributed by atoms with E-state index in [1.54, 1.807) is 29.1 Å². The van der Waals surface area contributed by atoms with E-state index >= 15 is 0 Å². The summed E-state index contributed by atoms with van der Waals surface area (Å²) in [6.45, 7) is -0.0367. The van der Waals surface area contributed by atoms with Crippen LogP contribution in [0.5, 0.6) is 5.75 Å². The van der Waals surface area contributed by atoms with Gasteiger partial charge in [-0.15, -0.1) is 0 Å². The molecule has 0 radical (unpaired) electrons. The van der Waals surface area contributed by atoms with Crippen molar-refractivity contribution in [3.05, 3.63) is 72.6 Å². The molecule has 7 nitrogen and oxygen atoms in total. The van der Waals surface area contributed by atoms with Gasteiger partial charge in [-0.2, -0.15) is 0 Å². The van der Waals surface area contributed by atoms with Crippen molar-refractivity contribution in [2.75, 3.05) is 11.3 Å². The van der Waals surface area contributed by atoms with Crippen molar-refractivity contribution in [2.45, 2.75) is 17.7 Å². The number of carboxylic acids is 1. The highest BCUT2D eigenvalue weighted by Crippen LogP contribution is 2.25. The third-order valence-electron chi connectivity index (χ3n) is 4.10. The number of anilines is 1. The fourth-order valence-corrected chi connectivity index (χ4v) is 3.70. The van der Waals surface area contributed by atoms with Crippen molar-refractivity contribution >= 4 is 21.7 Å². The molecule has 2 aromatic carbocycles. The van der Waals surface area contributed by atoms with Gasteiger partial charge in [0.2, 0.25) is 0 Å². The number of ether oxygens (including phenoxy) is 1. The van der Waals surface area contributed by atoms with Gasteiger partial charge in [0, 0.05) is 24.5 Å². The maximum Gasteiger partial charge on any atom is 0.303 e. The van der Waals surface area contributed by atoms with E-state index in [2.05, 4.69) is 4.72 Å². The number of sulfonamides is 1. The Bertz CT molecular complexity index is 1150. The van der Waals surface area contributed by atoms with Gasteiger partial charge < -0.3 is 14.4 Å². The second-order valence-corrected chi connectivity index (χ2v) is 7.98. The summed E-state index contributed by atoms with van der Waals surface area (Å²) >= 11 is 0. The summed E-state index contributed by atoms with van der Waals surface area (Å²) in [4.78, 5) is 10.0. The number of halogens is 2. The maximum absolute atomic E-state index is 14.2. The number of nitrogens with one attached hydrogen (secondary N) is 1. The molecule has 2 N–H and O–H groups in total. The van der Waals surface area contributed by atoms with Gasteiger partial charge in [-0.05, 0) is 55.0 Å². The minimum atomic E-state index is -4.27. The molecule has 1 aromatic heterocycles. The van der Waals surface area contributed by atoms with Gasteiger partial charge >= 0.3 is 5.97 Å². The summed E-state index contributed by atoms with van der Waals surface area (Å²) < 4.78 is 62.5. The lowest BCUT2D eigenvalue weighted by Crippen LogP contribution is -2.15. The van der Waals surface area contributed by atoms with Gasteiger partial charge in [0.05, 0.1) is 17.2 Å². The predicted octanol–water partition coefficient (Wildman–Crippen LogP) is 3.80. The lowest BCUT2D eigenvalue weighted by molar-refractivity contribution is -0.137. The minimum Gasteiger partial charge on any atom is -0.491 e. The third-order valence-corrected chi connectivity index (χ3v) is 5.47. The number of rotatable bonds is 9. The topological polar surface area (TPSA) is 97.6 Å². The van der Waals surface area contributed by atoms with Gasteiger partial charge in [-0.3, -0.25) is 9.52 Å². The fraction of sp³-hybridized carbons (Fsp3) is 0.150. The number of carbonyl (C=O) groups is 1. The monoisotopic (exact) mass is 436 g/mol. The highest BCUT2D eigenvalue weighted by molar-refractivity contribution is 7.92. The standard InChI is InChI=1S/C20H18F2N2O5S/c21-16-7-5-14(24-9-1-2-10-24)12-18(16)23-30(27,28)15-6-8-19(17(22)13-15)29-11-3-4-20(25)26/h1-2,5-10,12-13,23H,3-4,11H2,(H,25,26).